The summed E-state index contributed by atoms with van der Waals surface area (Å²) in [6.45, 7) is 4.21. The Labute approximate surface area is 107 Å². The molecule has 0 unspecified atom stereocenters. The minimum atomic E-state index is -3.18. The first-order valence-electron chi connectivity index (χ1n) is 4.94. The molecule has 0 aliphatic rings. The molecule has 0 aliphatic carbocycles. The van der Waals surface area contributed by atoms with Gasteiger partial charge in [-0.05, 0) is 32.4 Å². The van der Waals surface area contributed by atoms with Gasteiger partial charge in [-0.25, -0.2) is 8.78 Å². The van der Waals surface area contributed by atoms with Crippen LogP contribution in [-0.2, 0) is 10.7 Å². The van der Waals surface area contributed by atoms with Crippen molar-refractivity contribution >= 4 is 28.9 Å². The fourth-order valence-electron chi connectivity index (χ4n) is 1.36. The predicted molar refractivity (Wildman–Crippen MR) is 64.0 cm³/mol. The van der Waals surface area contributed by atoms with Crippen LogP contribution >= 0.6 is 22.9 Å². The summed E-state index contributed by atoms with van der Waals surface area (Å²) in [7, 11) is 0. The number of rotatable bonds is 4. The van der Waals surface area contributed by atoms with E-state index in [0.29, 0.717) is 9.90 Å². The first-order chi connectivity index (χ1) is 7.56. The maximum atomic E-state index is 13.9. The van der Waals surface area contributed by atoms with Crippen LogP contribution in [0.4, 0.5) is 8.78 Å². The molecule has 96 valence electrons. The van der Waals surface area contributed by atoms with E-state index in [1.807, 2.05) is 0 Å². The molecule has 17 heavy (non-hydrogen) atoms. The molecular formula is C11H13ClF2O2S. The Morgan fingerprint density at radius 1 is 1.53 bits per heavy atom. The highest BCUT2D eigenvalue weighted by Crippen LogP contribution is 2.44. The van der Waals surface area contributed by atoms with Crippen LogP contribution in [0.3, 0.4) is 0 Å². The molecule has 0 saturated heterocycles. The number of aliphatic carboxylic acids is 1. The van der Waals surface area contributed by atoms with Gasteiger partial charge in [-0.2, -0.15) is 0 Å². The third kappa shape index (κ3) is 3.16. The topological polar surface area (TPSA) is 37.3 Å². The fourth-order valence-corrected chi connectivity index (χ4v) is 2.53. The lowest BCUT2D eigenvalue weighted by Gasteiger charge is -2.24. The Hall–Kier alpha value is -0.680. The van der Waals surface area contributed by atoms with E-state index in [2.05, 4.69) is 0 Å². The van der Waals surface area contributed by atoms with Gasteiger partial charge in [-0.3, -0.25) is 4.79 Å². The van der Waals surface area contributed by atoms with E-state index in [9.17, 15) is 13.6 Å². The zero-order chi connectivity index (χ0) is 13.4. The van der Waals surface area contributed by atoms with Crippen molar-refractivity contribution in [1.29, 1.82) is 0 Å². The molecule has 1 aromatic rings. The van der Waals surface area contributed by atoms with Gasteiger partial charge in [0, 0.05) is 6.42 Å². The third-order valence-electron chi connectivity index (χ3n) is 2.46. The van der Waals surface area contributed by atoms with Gasteiger partial charge in [-0.15, -0.1) is 11.3 Å². The monoisotopic (exact) mass is 282 g/mol. The van der Waals surface area contributed by atoms with Crippen LogP contribution in [0.2, 0.25) is 4.34 Å². The lowest BCUT2D eigenvalue weighted by molar-refractivity contribution is -0.153. The average Bonchev–Trinajstić information content (AvgIpc) is 2.45. The van der Waals surface area contributed by atoms with Crippen LogP contribution < -0.4 is 0 Å². The number of thiophene rings is 1. The number of carboxylic acids is 1. The molecular weight excluding hydrogens is 270 g/mol. The summed E-state index contributed by atoms with van der Waals surface area (Å²) in [4.78, 5) is 10.7. The molecule has 0 atom stereocenters. The van der Waals surface area contributed by atoms with E-state index in [1.54, 1.807) is 6.92 Å². The second-order valence-electron chi connectivity index (χ2n) is 4.64. The molecule has 0 aliphatic heterocycles. The highest BCUT2D eigenvalue weighted by Gasteiger charge is 2.43. The Morgan fingerprint density at radius 3 is 2.41 bits per heavy atom. The minimum Gasteiger partial charge on any atom is -0.481 e. The van der Waals surface area contributed by atoms with E-state index < -0.39 is 23.7 Å². The van der Waals surface area contributed by atoms with E-state index in [4.69, 9.17) is 16.7 Å². The van der Waals surface area contributed by atoms with Gasteiger partial charge in [0.05, 0.1) is 14.6 Å². The lowest BCUT2D eigenvalue weighted by atomic mass is 9.86. The molecule has 0 bridgehead atoms. The Balaban J connectivity index is 3.00. The number of hydrogen-bond acceptors (Lipinski definition) is 2. The van der Waals surface area contributed by atoms with Crippen LogP contribution in [0.1, 0.15) is 30.7 Å². The highest BCUT2D eigenvalue weighted by atomic mass is 35.5. The number of hydrogen-bond donors (Lipinski definition) is 1. The van der Waals surface area contributed by atoms with E-state index in [0.717, 1.165) is 11.3 Å². The van der Waals surface area contributed by atoms with Crippen LogP contribution in [0.15, 0.2) is 6.07 Å². The molecule has 1 N–H and O–H groups in total. The second-order valence-corrected chi connectivity index (χ2v) is 6.29. The maximum absolute atomic E-state index is 13.9. The molecule has 0 amide bonds. The normalized spacial score (nSPS) is 12.8. The maximum Gasteiger partial charge on any atom is 0.309 e. The van der Waals surface area contributed by atoms with Gasteiger partial charge in [-0.1, -0.05) is 11.6 Å². The van der Waals surface area contributed by atoms with E-state index >= 15 is 0 Å². The summed E-state index contributed by atoms with van der Waals surface area (Å²) in [5.74, 6) is -4.42. The lowest BCUT2D eigenvalue weighted by Crippen LogP contribution is -2.30. The SMILES string of the molecule is Cc1cc(C(F)(F)CC(C)(C)C(=O)O)sc1Cl. The number of aryl methyl sites for hydroxylation is 1. The third-order valence-corrected chi connectivity index (χ3v) is 4.13. The average molecular weight is 283 g/mol. The second kappa shape index (κ2) is 4.53. The molecule has 0 fully saturated rings. The molecule has 0 spiro atoms. The number of halogens is 3. The summed E-state index contributed by atoms with van der Waals surface area (Å²) in [6.07, 6.45) is -0.744. The highest BCUT2D eigenvalue weighted by molar-refractivity contribution is 7.16. The van der Waals surface area contributed by atoms with Gasteiger partial charge in [0.2, 0.25) is 0 Å². The van der Waals surface area contributed by atoms with Gasteiger partial charge in [0.15, 0.2) is 0 Å². The Morgan fingerprint density at radius 2 is 2.06 bits per heavy atom. The number of alkyl halides is 2. The largest absolute Gasteiger partial charge is 0.481 e. The zero-order valence-corrected chi connectivity index (χ0v) is 11.3. The molecule has 1 aromatic heterocycles. The summed E-state index contributed by atoms with van der Waals surface area (Å²) < 4.78 is 28.1. The van der Waals surface area contributed by atoms with Gasteiger partial charge < -0.3 is 5.11 Å². The summed E-state index contributed by atoms with van der Waals surface area (Å²) in [5, 5.41) is 8.86. The van der Waals surface area contributed by atoms with Gasteiger partial charge in [0.1, 0.15) is 0 Å². The molecule has 6 heteroatoms. The van der Waals surface area contributed by atoms with Crippen molar-refractivity contribution in [2.75, 3.05) is 0 Å². The van der Waals surface area contributed by atoms with Gasteiger partial charge >= 0.3 is 5.97 Å². The van der Waals surface area contributed by atoms with E-state index in [1.165, 1.54) is 19.9 Å². The predicted octanol–water partition coefficient (Wildman–Crippen LogP) is 4.30. The minimum absolute atomic E-state index is 0.186. The van der Waals surface area contributed by atoms with Crippen molar-refractivity contribution in [3.05, 3.63) is 20.8 Å². The van der Waals surface area contributed by atoms with Crippen LogP contribution in [0.5, 0.6) is 0 Å². The smallest absolute Gasteiger partial charge is 0.309 e. The van der Waals surface area contributed by atoms with Crippen molar-refractivity contribution in [1.82, 2.24) is 0 Å². The van der Waals surface area contributed by atoms with Crippen LogP contribution in [0.25, 0.3) is 0 Å². The Bertz CT molecular complexity index is 421. The van der Waals surface area contributed by atoms with Crippen molar-refractivity contribution in [2.45, 2.75) is 33.1 Å². The summed E-state index contributed by atoms with van der Waals surface area (Å²) >= 11 is 6.53. The van der Waals surface area contributed by atoms with Crippen LogP contribution in [-0.4, -0.2) is 11.1 Å². The molecule has 0 saturated carbocycles. The summed E-state index contributed by atoms with van der Waals surface area (Å²) in [5.41, 5.74) is -0.895. The first-order valence-corrected chi connectivity index (χ1v) is 6.13. The molecule has 1 rings (SSSR count). The van der Waals surface area contributed by atoms with Crippen LogP contribution in [0, 0.1) is 12.3 Å². The molecule has 1 heterocycles. The number of carboxylic acid groups (broad SMARTS) is 1. The molecule has 0 aromatic carbocycles. The fraction of sp³-hybridized carbons (Fsp3) is 0.545. The van der Waals surface area contributed by atoms with Crippen molar-refractivity contribution < 1.29 is 18.7 Å². The van der Waals surface area contributed by atoms with Crippen molar-refractivity contribution in [3.63, 3.8) is 0 Å². The molecule has 0 radical (unpaired) electrons. The van der Waals surface area contributed by atoms with Crippen molar-refractivity contribution in [2.24, 2.45) is 5.41 Å². The van der Waals surface area contributed by atoms with E-state index in [-0.39, 0.29) is 4.88 Å². The summed E-state index contributed by atoms with van der Waals surface area (Å²) in [6, 6.07) is 1.31. The first kappa shape index (κ1) is 14.4. The van der Waals surface area contributed by atoms with Gasteiger partial charge in [0.25, 0.3) is 5.92 Å². The van der Waals surface area contributed by atoms with Crippen molar-refractivity contribution in [3.8, 4) is 0 Å². The number of carbonyl (C=O) groups is 1. The Kier molecular flexibility index (Phi) is 3.84. The standard InChI is InChI=1S/C11H13ClF2O2S/c1-6-4-7(17-8(6)12)11(13,14)5-10(2,3)9(15)16/h4H,5H2,1-3H3,(H,15,16). The zero-order valence-electron chi connectivity index (χ0n) is 9.68. The quantitative estimate of drug-likeness (QED) is 0.894. The molecule has 2 nitrogen and oxygen atoms in total.